The highest BCUT2D eigenvalue weighted by molar-refractivity contribution is 5.34. The number of pyridine rings is 1. The van der Waals surface area contributed by atoms with E-state index in [4.69, 9.17) is 10.5 Å². The smallest absolute Gasteiger partial charge is 0.137 e. The van der Waals surface area contributed by atoms with Crippen LogP contribution in [-0.2, 0) is 0 Å². The second kappa shape index (κ2) is 3.49. The van der Waals surface area contributed by atoms with Gasteiger partial charge < -0.3 is 10.5 Å². The topological polar surface area (TPSA) is 48.1 Å². The summed E-state index contributed by atoms with van der Waals surface area (Å²) < 4.78 is 5.18. The molecule has 2 N–H and O–H groups in total. The number of nitrogens with two attached hydrogens (primary N) is 1. The van der Waals surface area contributed by atoms with E-state index >= 15 is 0 Å². The molecule has 0 radical (unpaired) electrons. The molecule has 2 atom stereocenters. The zero-order valence-corrected chi connectivity index (χ0v) is 9.53. The molecule has 2 unspecified atom stereocenters. The van der Waals surface area contributed by atoms with E-state index < -0.39 is 0 Å². The number of hydrogen-bond acceptors (Lipinski definition) is 3. The Labute approximate surface area is 90.7 Å². The lowest BCUT2D eigenvalue weighted by molar-refractivity contribution is 0.412. The van der Waals surface area contributed by atoms with Gasteiger partial charge in [-0.05, 0) is 35.4 Å². The van der Waals surface area contributed by atoms with Crippen LogP contribution in [-0.4, -0.2) is 18.6 Å². The fourth-order valence-electron chi connectivity index (χ4n) is 2.56. The van der Waals surface area contributed by atoms with E-state index in [1.54, 1.807) is 13.3 Å². The summed E-state index contributed by atoms with van der Waals surface area (Å²) in [6.07, 6.45) is 3.65. The summed E-state index contributed by atoms with van der Waals surface area (Å²) in [4.78, 5) is 4.19. The Kier molecular flexibility index (Phi) is 2.43. The second-order valence-corrected chi connectivity index (χ2v) is 4.80. The SMILES string of the molecule is COc1cncc(C2C(CN)C2(C)C)c1. The Hall–Kier alpha value is -1.09. The first-order valence-corrected chi connectivity index (χ1v) is 5.30. The lowest BCUT2D eigenvalue weighted by atomic mass is 10.0. The van der Waals surface area contributed by atoms with Crippen molar-refractivity contribution in [2.75, 3.05) is 13.7 Å². The van der Waals surface area contributed by atoms with Crippen molar-refractivity contribution in [2.24, 2.45) is 17.1 Å². The molecule has 0 spiro atoms. The monoisotopic (exact) mass is 206 g/mol. The van der Waals surface area contributed by atoms with Crippen LogP contribution in [0.3, 0.4) is 0 Å². The van der Waals surface area contributed by atoms with Crippen LogP contribution in [0.15, 0.2) is 18.5 Å². The van der Waals surface area contributed by atoms with Gasteiger partial charge in [0.15, 0.2) is 0 Å². The van der Waals surface area contributed by atoms with E-state index in [9.17, 15) is 0 Å². The highest BCUT2D eigenvalue weighted by Gasteiger charge is 2.57. The van der Waals surface area contributed by atoms with Crippen LogP contribution in [0.2, 0.25) is 0 Å². The third-order valence-electron chi connectivity index (χ3n) is 3.63. The fraction of sp³-hybridized carbons (Fsp3) is 0.583. The third-order valence-corrected chi connectivity index (χ3v) is 3.63. The van der Waals surface area contributed by atoms with Crippen LogP contribution in [0.1, 0.15) is 25.3 Å². The van der Waals surface area contributed by atoms with Gasteiger partial charge in [0.1, 0.15) is 5.75 Å². The van der Waals surface area contributed by atoms with Gasteiger partial charge in [0, 0.05) is 6.20 Å². The summed E-state index contributed by atoms with van der Waals surface area (Å²) in [5.74, 6) is 1.93. The molecular formula is C12H18N2O. The van der Waals surface area contributed by atoms with Crippen molar-refractivity contribution in [3.8, 4) is 5.75 Å². The molecule has 15 heavy (non-hydrogen) atoms. The standard InChI is InChI=1S/C12H18N2O/c1-12(2)10(5-13)11(12)8-4-9(15-3)7-14-6-8/h4,6-7,10-11H,5,13H2,1-3H3. The normalized spacial score (nSPS) is 27.5. The fourth-order valence-corrected chi connectivity index (χ4v) is 2.56. The first-order chi connectivity index (χ1) is 7.11. The van der Waals surface area contributed by atoms with Gasteiger partial charge in [0.2, 0.25) is 0 Å². The van der Waals surface area contributed by atoms with Crippen LogP contribution >= 0.6 is 0 Å². The highest BCUT2D eigenvalue weighted by Crippen LogP contribution is 2.63. The molecule has 0 saturated heterocycles. The van der Waals surface area contributed by atoms with Crippen molar-refractivity contribution in [3.63, 3.8) is 0 Å². The minimum absolute atomic E-state index is 0.308. The summed E-state index contributed by atoms with van der Waals surface area (Å²) in [7, 11) is 1.67. The van der Waals surface area contributed by atoms with Crippen LogP contribution in [0.25, 0.3) is 0 Å². The molecule has 3 nitrogen and oxygen atoms in total. The van der Waals surface area contributed by atoms with E-state index in [-0.39, 0.29) is 0 Å². The van der Waals surface area contributed by atoms with E-state index in [0.717, 1.165) is 12.3 Å². The molecule has 2 rings (SSSR count). The summed E-state index contributed by atoms with van der Waals surface area (Å²) in [6, 6.07) is 2.06. The Morgan fingerprint density at radius 2 is 2.20 bits per heavy atom. The van der Waals surface area contributed by atoms with E-state index in [0.29, 0.717) is 17.3 Å². The van der Waals surface area contributed by atoms with Gasteiger partial charge in [0.25, 0.3) is 0 Å². The number of ether oxygens (including phenoxy) is 1. The maximum Gasteiger partial charge on any atom is 0.137 e. The maximum atomic E-state index is 5.76. The van der Waals surface area contributed by atoms with Crippen molar-refractivity contribution in [1.82, 2.24) is 4.98 Å². The summed E-state index contributed by atoms with van der Waals surface area (Å²) in [6.45, 7) is 5.26. The molecule has 1 aliphatic rings. The predicted octanol–water partition coefficient (Wildman–Crippen LogP) is 1.79. The lowest BCUT2D eigenvalue weighted by Gasteiger charge is -2.04. The molecular weight excluding hydrogens is 188 g/mol. The molecule has 1 aromatic heterocycles. The van der Waals surface area contributed by atoms with Gasteiger partial charge in [-0.25, -0.2) is 0 Å². The minimum Gasteiger partial charge on any atom is -0.495 e. The molecule has 0 amide bonds. The maximum absolute atomic E-state index is 5.76. The summed E-state index contributed by atoms with van der Waals surface area (Å²) in [5.41, 5.74) is 7.31. The average molecular weight is 206 g/mol. The Morgan fingerprint density at radius 1 is 1.47 bits per heavy atom. The van der Waals surface area contributed by atoms with Crippen LogP contribution in [0.5, 0.6) is 5.75 Å². The Bertz CT molecular complexity index is 362. The average Bonchev–Trinajstić information content (AvgIpc) is 2.80. The molecule has 1 heterocycles. The Balaban J connectivity index is 2.24. The van der Waals surface area contributed by atoms with Gasteiger partial charge in [-0.15, -0.1) is 0 Å². The molecule has 1 aliphatic carbocycles. The first kappa shape index (κ1) is 10.4. The zero-order chi connectivity index (χ0) is 11.1. The van der Waals surface area contributed by atoms with Crippen molar-refractivity contribution in [3.05, 3.63) is 24.0 Å². The highest BCUT2D eigenvalue weighted by atomic mass is 16.5. The van der Waals surface area contributed by atoms with E-state index in [1.807, 2.05) is 6.20 Å². The van der Waals surface area contributed by atoms with Gasteiger partial charge in [-0.2, -0.15) is 0 Å². The summed E-state index contributed by atoms with van der Waals surface area (Å²) in [5, 5.41) is 0. The third kappa shape index (κ3) is 1.61. The Morgan fingerprint density at radius 3 is 2.73 bits per heavy atom. The quantitative estimate of drug-likeness (QED) is 0.820. The van der Waals surface area contributed by atoms with Gasteiger partial charge in [-0.3, -0.25) is 4.98 Å². The zero-order valence-electron chi connectivity index (χ0n) is 9.53. The minimum atomic E-state index is 0.308. The first-order valence-electron chi connectivity index (χ1n) is 5.30. The largest absolute Gasteiger partial charge is 0.495 e. The van der Waals surface area contributed by atoms with E-state index in [2.05, 4.69) is 24.9 Å². The summed E-state index contributed by atoms with van der Waals surface area (Å²) >= 11 is 0. The van der Waals surface area contributed by atoms with Gasteiger partial charge >= 0.3 is 0 Å². The molecule has 1 saturated carbocycles. The van der Waals surface area contributed by atoms with Crippen LogP contribution in [0.4, 0.5) is 0 Å². The molecule has 82 valence electrons. The lowest BCUT2D eigenvalue weighted by Crippen LogP contribution is -2.05. The predicted molar refractivity (Wildman–Crippen MR) is 59.9 cm³/mol. The van der Waals surface area contributed by atoms with E-state index in [1.165, 1.54) is 5.56 Å². The van der Waals surface area contributed by atoms with Crippen LogP contribution in [0, 0.1) is 11.3 Å². The van der Waals surface area contributed by atoms with Crippen molar-refractivity contribution in [2.45, 2.75) is 19.8 Å². The van der Waals surface area contributed by atoms with Gasteiger partial charge in [0.05, 0.1) is 13.3 Å². The molecule has 1 fully saturated rings. The van der Waals surface area contributed by atoms with Crippen molar-refractivity contribution in [1.29, 1.82) is 0 Å². The number of aromatic nitrogens is 1. The van der Waals surface area contributed by atoms with Crippen molar-refractivity contribution >= 4 is 0 Å². The molecule has 1 aromatic rings. The van der Waals surface area contributed by atoms with Crippen molar-refractivity contribution < 1.29 is 4.74 Å². The number of nitrogens with zero attached hydrogens (tertiary/aromatic N) is 1. The molecule has 0 aromatic carbocycles. The van der Waals surface area contributed by atoms with Gasteiger partial charge in [-0.1, -0.05) is 13.8 Å². The molecule has 3 heteroatoms. The number of hydrogen-bond donors (Lipinski definition) is 1. The second-order valence-electron chi connectivity index (χ2n) is 4.80. The van der Waals surface area contributed by atoms with Crippen LogP contribution < -0.4 is 10.5 Å². The number of methoxy groups -OCH3 is 1. The molecule has 0 bridgehead atoms. The molecule has 0 aliphatic heterocycles. The number of rotatable bonds is 3.